The monoisotopic (exact) mass is 365 g/mol. The second-order valence-corrected chi connectivity index (χ2v) is 7.88. The second kappa shape index (κ2) is 7.23. The maximum Gasteiger partial charge on any atom is 0.327 e. The van der Waals surface area contributed by atoms with Crippen molar-refractivity contribution in [3.05, 3.63) is 65.0 Å². The molecule has 0 bridgehead atoms. The van der Waals surface area contributed by atoms with Crippen molar-refractivity contribution in [3.63, 3.8) is 0 Å². The molecule has 7 heteroatoms. The molecule has 1 atom stereocenters. The van der Waals surface area contributed by atoms with Gasteiger partial charge in [0.15, 0.2) is 0 Å². The van der Waals surface area contributed by atoms with Gasteiger partial charge in [0, 0.05) is 6.42 Å². The first-order valence-corrected chi connectivity index (χ1v) is 9.48. The van der Waals surface area contributed by atoms with Crippen molar-refractivity contribution >= 4 is 21.7 Å². The SMILES string of the molecule is Cc1ccc(C)c(C[C@@H](C(=O)O)N(c2ccc(F)cc2)S(C)(=O)=O)c1. The molecule has 0 radical (unpaired) electrons. The molecule has 25 heavy (non-hydrogen) atoms. The molecule has 0 unspecified atom stereocenters. The molecule has 2 rings (SSSR count). The maximum atomic E-state index is 13.2. The first-order valence-electron chi connectivity index (χ1n) is 7.63. The van der Waals surface area contributed by atoms with Crippen molar-refractivity contribution < 1.29 is 22.7 Å². The zero-order valence-corrected chi connectivity index (χ0v) is 15.0. The summed E-state index contributed by atoms with van der Waals surface area (Å²) in [6.45, 7) is 3.73. The maximum absolute atomic E-state index is 13.2. The van der Waals surface area contributed by atoms with Crippen LogP contribution >= 0.6 is 0 Å². The Labute approximate surface area is 146 Å². The van der Waals surface area contributed by atoms with Gasteiger partial charge in [0.1, 0.15) is 11.9 Å². The number of carboxylic acid groups (broad SMARTS) is 1. The predicted molar refractivity (Wildman–Crippen MR) is 94.8 cm³/mol. The first kappa shape index (κ1) is 18.9. The highest BCUT2D eigenvalue weighted by Gasteiger charge is 2.33. The van der Waals surface area contributed by atoms with Gasteiger partial charge in [-0.1, -0.05) is 23.8 Å². The van der Waals surface area contributed by atoms with E-state index in [2.05, 4.69) is 0 Å². The second-order valence-electron chi connectivity index (χ2n) is 6.02. The van der Waals surface area contributed by atoms with E-state index >= 15 is 0 Å². The van der Waals surface area contributed by atoms with Gasteiger partial charge in [-0.25, -0.2) is 17.6 Å². The van der Waals surface area contributed by atoms with Crippen LogP contribution in [-0.4, -0.2) is 31.8 Å². The molecule has 1 N–H and O–H groups in total. The number of aliphatic carboxylic acids is 1. The van der Waals surface area contributed by atoms with Crippen LogP contribution in [0.25, 0.3) is 0 Å². The number of aryl methyl sites for hydroxylation is 2. The molecule has 0 aliphatic carbocycles. The molecule has 0 saturated heterocycles. The molecule has 0 saturated carbocycles. The Hall–Kier alpha value is -2.41. The van der Waals surface area contributed by atoms with E-state index in [1.807, 2.05) is 32.0 Å². The largest absolute Gasteiger partial charge is 0.480 e. The molecule has 2 aromatic rings. The van der Waals surface area contributed by atoms with E-state index in [0.29, 0.717) is 0 Å². The third kappa shape index (κ3) is 4.57. The molecule has 5 nitrogen and oxygen atoms in total. The smallest absolute Gasteiger partial charge is 0.327 e. The highest BCUT2D eigenvalue weighted by Crippen LogP contribution is 2.24. The first-order chi connectivity index (χ1) is 11.6. The number of sulfonamides is 1. The Kier molecular flexibility index (Phi) is 5.47. The van der Waals surface area contributed by atoms with Gasteiger partial charge in [-0.15, -0.1) is 0 Å². The normalized spacial score (nSPS) is 12.6. The number of halogens is 1. The Balaban J connectivity index is 2.52. The minimum Gasteiger partial charge on any atom is -0.480 e. The fraction of sp³-hybridized carbons (Fsp3) is 0.278. The quantitative estimate of drug-likeness (QED) is 0.854. The minimum absolute atomic E-state index is 0.00724. The molecule has 0 amide bonds. The Morgan fingerprint density at radius 3 is 2.28 bits per heavy atom. The fourth-order valence-electron chi connectivity index (χ4n) is 2.69. The summed E-state index contributed by atoms with van der Waals surface area (Å²) in [5.41, 5.74) is 2.70. The van der Waals surface area contributed by atoms with Gasteiger partial charge in [-0.3, -0.25) is 4.31 Å². The summed E-state index contributed by atoms with van der Waals surface area (Å²) in [6.07, 6.45) is 0.947. The molecule has 0 aliphatic heterocycles. The van der Waals surface area contributed by atoms with E-state index < -0.39 is 27.9 Å². The third-order valence-electron chi connectivity index (χ3n) is 3.92. The molecule has 0 heterocycles. The molecule has 0 aromatic heterocycles. The van der Waals surface area contributed by atoms with E-state index in [4.69, 9.17) is 0 Å². The number of hydrogen-bond acceptors (Lipinski definition) is 3. The Morgan fingerprint density at radius 2 is 1.76 bits per heavy atom. The van der Waals surface area contributed by atoms with Crippen LogP contribution in [0.15, 0.2) is 42.5 Å². The number of carbonyl (C=O) groups is 1. The van der Waals surface area contributed by atoms with Crippen molar-refractivity contribution in [1.82, 2.24) is 0 Å². The lowest BCUT2D eigenvalue weighted by molar-refractivity contribution is -0.138. The van der Waals surface area contributed by atoms with Crippen LogP contribution < -0.4 is 4.31 Å². The number of anilines is 1. The molecule has 134 valence electrons. The van der Waals surface area contributed by atoms with E-state index in [-0.39, 0.29) is 12.1 Å². The molecular formula is C18H20FNO4S. The number of hydrogen-bond donors (Lipinski definition) is 1. The van der Waals surface area contributed by atoms with Crippen molar-refractivity contribution in [1.29, 1.82) is 0 Å². The zero-order chi connectivity index (χ0) is 18.8. The van der Waals surface area contributed by atoms with Gasteiger partial charge in [0.25, 0.3) is 0 Å². The molecule has 0 fully saturated rings. The van der Waals surface area contributed by atoms with Crippen LogP contribution in [0, 0.1) is 19.7 Å². The predicted octanol–water partition coefficient (Wildman–Crippen LogP) is 2.90. The zero-order valence-electron chi connectivity index (χ0n) is 14.2. The van der Waals surface area contributed by atoms with Crippen molar-refractivity contribution in [2.45, 2.75) is 26.3 Å². The summed E-state index contributed by atoms with van der Waals surface area (Å²) in [6, 6.07) is 9.01. The lowest BCUT2D eigenvalue weighted by atomic mass is 9.98. The average molecular weight is 365 g/mol. The topological polar surface area (TPSA) is 74.7 Å². The van der Waals surface area contributed by atoms with Crippen molar-refractivity contribution in [3.8, 4) is 0 Å². The van der Waals surface area contributed by atoms with E-state index in [0.717, 1.165) is 39.4 Å². The number of benzene rings is 2. The van der Waals surface area contributed by atoms with Gasteiger partial charge in [0.2, 0.25) is 10.0 Å². The fourth-order valence-corrected chi connectivity index (χ4v) is 3.82. The Bertz CT molecular complexity index is 878. The summed E-state index contributed by atoms with van der Waals surface area (Å²) in [4.78, 5) is 11.8. The Morgan fingerprint density at radius 1 is 1.16 bits per heavy atom. The van der Waals surface area contributed by atoms with Crippen LogP contribution in [0.3, 0.4) is 0 Å². The summed E-state index contributed by atoms with van der Waals surface area (Å²) in [7, 11) is -3.89. The highest BCUT2D eigenvalue weighted by molar-refractivity contribution is 7.92. The number of carboxylic acids is 1. The van der Waals surface area contributed by atoms with Crippen LogP contribution in [0.1, 0.15) is 16.7 Å². The summed E-state index contributed by atoms with van der Waals surface area (Å²) < 4.78 is 38.5. The molecule has 2 aromatic carbocycles. The van der Waals surface area contributed by atoms with Crippen LogP contribution in [0.5, 0.6) is 0 Å². The van der Waals surface area contributed by atoms with Gasteiger partial charge in [0.05, 0.1) is 11.9 Å². The lowest BCUT2D eigenvalue weighted by Gasteiger charge is -2.29. The summed E-state index contributed by atoms with van der Waals surface area (Å²) in [5.74, 6) is -1.80. The van der Waals surface area contributed by atoms with E-state index in [9.17, 15) is 22.7 Å². The number of rotatable bonds is 6. The average Bonchev–Trinajstić information content (AvgIpc) is 2.50. The minimum atomic E-state index is -3.89. The molecular weight excluding hydrogens is 345 g/mol. The van der Waals surface area contributed by atoms with Gasteiger partial charge < -0.3 is 5.11 Å². The van der Waals surface area contributed by atoms with Gasteiger partial charge in [-0.2, -0.15) is 0 Å². The summed E-state index contributed by atoms with van der Waals surface area (Å²) >= 11 is 0. The van der Waals surface area contributed by atoms with Crippen LogP contribution in [-0.2, 0) is 21.2 Å². The van der Waals surface area contributed by atoms with Crippen LogP contribution in [0.4, 0.5) is 10.1 Å². The standard InChI is InChI=1S/C18H20FNO4S/c1-12-4-5-13(2)14(10-12)11-17(18(21)22)20(25(3,23)24)16-8-6-15(19)7-9-16/h4-10,17H,11H2,1-3H3,(H,21,22)/t17-/m0/s1. The van der Waals surface area contributed by atoms with Gasteiger partial charge in [-0.05, 0) is 49.2 Å². The van der Waals surface area contributed by atoms with Gasteiger partial charge >= 0.3 is 5.97 Å². The van der Waals surface area contributed by atoms with E-state index in [1.54, 1.807) is 0 Å². The van der Waals surface area contributed by atoms with Crippen LogP contribution in [0.2, 0.25) is 0 Å². The molecule has 0 spiro atoms. The highest BCUT2D eigenvalue weighted by atomic mass is 32.2. The van der Waals surface area contributed by atoms with E-state index in [1.165, 1.54) is 12.1 Å². The van der Waals surface area contributed by atoms with Crippen molar-refractivity contribution in [2.24, 2.45) is 0 Å². The lowest BCUT2D eigenvalue weighted by Crippen LogP contribution is -2.46. The third-order valence-corrected chi connectivity index (χ3v) is 5.10. The molecule has 0 aliphatic rings. The summed E-state index contributed by atoms with van der Waals surface area (Å²) in [5, 5.41) is 9.66. The van der Waals surface area contributed by atoms with Crippen molar-refractivity contribution in [2.75, 3.05) is 10.6 Å². The number of nitrogens with zero attached hydrogens (tertiary/aromatic N) is 1.